The second-order valence-electron chi connectivity index (χ2n) is 8.83. The molecule has 1 aromatic heterocycles. The predicted molar refractivity (Wildman–Crippen MR) is 141 cm³/mol. The number of para-hydroxylation sites is 1. The Labute approximate surface area is 213 Å². The average Bonchev–Trinajstić information content (AvgIpc) is 3.52. The fourth-order valence-electron chi connectivity index (χ4n) is 4.89. The summed E-state index contributed by atoms with van der Waals surface area (Å²) in [5, 5.41) is 0. The van der Waals surface area contributed by atoms with Gasteiger partial charge in [0.1, 0.15) is 11.8 Å². The van der Waals surface area contributed by atoms with Gasteiger partial charge in [-0.1, -0.05) is 41.7 Å². The Morgan fingerprint density at radius 2 is 1.86 bits per heavy atom. The lowest BCUT2D eigenvalue weighted by atomic mass is 9.95. The second-order valence-corrected chi connectivity index (χ2v) is 9.84. The molecule has 3 aromatic rings. The van der Waals surface area contributed by atoms with Crippen molar-refractivity contribution in [2.75, 3.05) is 31.7 Å². The van der Waals surface area contributed by atoms with E-state index in [0.29, 0.717) is 31.9 Å². The number of fused-ring (bicyclic) bond motifs is 1. The van der Waals surface area contributed by atoms with Gasteiger partial charge in [-0.05, 0) is 56.5 Å². The quantitative estimate of drug-likeness (QED) is 0.482. The first kappa shape index (κ1) is 24.1. The first-order valence-corrected chi connectivity index (χ1v) is 13.0. The van der Waals surface area contributed by atoms with Crippen LogP contribution in [0.5, 0.6) is 5.75 Å². The van der Waals surface area contributed by atoms with Crippen molar-refractivity contribution in [3.8, 4) is 5.75 Å². The lowest BCUT2D eigenvalue weighted by Gasteiger charge is -2.25. The van der Waals surface area contributed by atoms with Crippen molar-refractivity contribution in [2.45, 2.75) is 32.7 Å². The van der Waals surface area contributed by atoms with E-state index in [9.17, 15) is 9.59 Å². The summed E-state index contributed by atoms with van der Waals surface area (Å²) >= 11 is 1.32. The zero-order valence-electron chi connectivity index (χ0n) is 20.7. The van der Waals surface area contributed by atoms with E-state index in [0.717, 1.165) is 18.7 Å². The number of anilines is 1. The molecule has 0 saturated carbocycles. The largest absolute Gasteiger partial charge is 0.496 e. The number of methoxy groups -OCH3 is 1. The molecule has 2 aliphatic heterocycles. The number of hydrogen-bond donors (Lipinski definition) is 0. The van der Waals surface area contributed by atoms with Gasteiger partial charge in [-0.25, -0.2) is 9.79 Å². The summed E-state index contributed by atoms with van der Waals surface area (Å²) in [6, 6.07) is 15.0. The van der Waals surface area contributed by atoms with Crippen molar-refractivity contribution in [2.24, 2.45) is 4.99 Å². The highest BCUT2D eigenvalue weighted by Crippen LogP contribution is 2.35. The highest BCUT2D eigenvalue weighted by molar-refractivity contribution is 7.07. The Morgan fingerprint density at radius 3 is 2.56 bits per heavy atom. The van der Waals surface area contributed by atoms with Gasteiger partial charge < -0.3 is 14.4 Å². The number of allylic oxidation sites excluding steroid dienone is 1. The van der Waals surface area contributed by atoms with Crippen LogP contribution >= 0.6 is 11.3 Å². The van der Waals surface area contributed by atoms with Crippen LogP contribution in [-0.4, -0.2) is 37.3 Å². The molecule has 0 aliphatic carbocycles. The Bertz CT molecular complexity index is 1490. The molecule has 0 amide bonds. The summed E-state index contributed by atoms with van der Waals surface area (Å²) < 4.78 is 13.1. The summed E-state index contributed by atoms with van der Waals surface area (Å²) in [6.07, 6.45) is 4.34. The number of nitrogens with zero attached hydrogens (tertiary/aromatic N) is 3. The van der Waals surface area contributed by atoms with E-state index in [1.807, 2.05) is 42.5 Å². The van der Waals surface area contributed by atoms with Gasteiger partial charge in [0.15, 0.2) is 4.80 Å². The Hall–Kier alpha value is -3.65. The molecule has 1 saturated heterocycles. The first-order valence-electron chi connectivity index (χ1n) is 12.2. The molecule has 36 heavy (non-hydrogen) atoms. The normalized spacial score (nSPS) is 17.7. The molecule has 0 bridgehead atoms. The highest BCUT2D eigenvalue weighted by atomic mass is 32.1. The van der Waals surface area contributed by atoms with Crippen molar-refractivity contribution >= 4 is 29.1 Å². The monoisotopic (exact) mass is 503 g/mol. The fraction of sp³-hybridized carbons (Fsp3) is 0.321. The molecular weight excluding hydrogens is 474 g/mol. The van der Waals surface area contributed by atoms with Crippen molar-refractivity contribution < 1.29 is 14.3 Å². The maximum Gasteiger partial charge on any atom is 0.338 e. The summed E-state index contributed by atoms with van der Waals surface area (Å²) in [4.78, 5) is 34.4. The third-order valence-electron chi connectivity index (χ3n) is 6.61. The van der Waals surface area contributed by atoms with E-state index < -0.39 is 12.0 Å². The van der Waals surface area contributed by atoms with Gasteiger partial charge in [0.05, 0.1) is 29.5 Å². The molecule has 3 heterocycles. The lowest BCUT2D eigenvalue weighted by Crippen LogP contribution is -2.40. The summed E-state index contributed by atoms with van der Waals surface area (Å²) in [7, 11) is 1.58. The number of aromatic nitrogens is 1. The van der Waals surface area contributed by atoms with E-state index in [2.05, 4.69) is 22.0 Å². The number of hydrogen-bond acceptors (Lipinski definition) is 7. The van der Waals surface area contributed by atoms with Crippen molar-refractivity contribution in [3.63, 3.8) is 0 Å². The highest BCUT2D eigenvalue weighted by Gasteiger charge is 2.34. The first-order chi connectivity index (χ1) is 17.5. The molecule has 0 radical (unpaired) electrons. The zero-order valence-corrected chi connectivity index (χ0v) is 21.5. The van der Waals surface area contributed by atoms with E-state index in [1.54, 1.807) is 25.5 Å². The van der Waals surface area contributed by atoms with Crippen LogP contribution in [0.4, 0.5) is 5.69 Å². The number of benzene rings is 2. The molecule has 1 fully saturated rings. The van der Waals surface area contributed by atoms with Crippen LogP contribution in [0.2, 0.25) is 0 Å². The smallest absolute Gasteiger partial charge is 0.338 e. The number of rotatable bonds is 6. The minimum atomic E-state index is -0.698. The molecule has 5 rings (SSSR count). The number of carbonyl (C=O) groups is 1. The SMILES string of the molecule is CCOC(=O)C1=C(C)N=c2s/c(=C/c3ccc(N4CCCC4)cc3)c(=O)n2[C@H]1c1ccccc1OC. The van der Waals surface area contributed by atoms with E-state index in [1.165, 1.54) is 29.9 Å². The van der Waals surface area contributed by atoms with Crippen LogP contribution in [0.1, 0.15) is 43.9 Å². The summed E-state index contributed by atoms with van der Waals surface area (Å²) in [5.41, 5.74) is 3.53. The number of esters is 1. The molecule has 1 atom stereocenters. The lowest BCUT2D eigenvalue weighted by molar-refractivity contribution is -0.139. The molecule has 0 spiro atoms. The van der Waals surface area contributed by atoms with Gasteiger partial charge >= 0.3 is 5.97 Å². The molecule has 0 N–H and O–H groups in total. The number of ether oxygens (including phenoxy) is 2. The van der Waals surface area contributed by atoms with Crippen molar-refractivity contribution in [1.29, 1.82) is 0 Å². The standard InChI is InChI=1S/C28H29N3O4S/c1-4-35-27(33)24-18(2)29-28-31(25(24)21-9-5-6-10-22(21)34-3)26(32)23(36-28)17-19-11-13-20(14-12-19)30-15-7-8-16-30/h5-6,9-14,17,25H,4,7-8,15-16H2,1-3H3/b23-17+/t25-/m0/s1. The van der Waals surface area contributed by atoms with Crippen molar-refractivity contribution in [3.05, 3.63) is 90.6 Å². The van der Waals surface area contributed by atoms with Gasteiger partial charge in [-0.15, -0.1) is 0 Å². The van der Waals surface area contributed by atoms with Crippen LogP contribution in [0, 0.1) is 0 Å². The molecular formula is C28H29N3O4S. The van der Waals surface area contributed by atoms with Crippen molar-refractivity contribution in [1.82, 2.24) is 4.57 Å². The molecule has 2 aromatic carbocycles. The average molecular weight is 504 g/mol. The van der Waals surface area contributed by atoms with Crippen LogP contribution < -0.4 is 24.5 Å². The Morgan fingerprint density at radius 1 is 1.14 bits per heavy atom. The number of thiazole rings is 1. The molecule has 7 nitrogen and oxygen atoms in total. The molecule has 186 valence electrons. The Kier molecular flexibility index (Phi) is 6.78. The van der Waals surface area contributed by atoms with E-state index in [-0.39, 0.29) is 12.2 Å². The fourth-order valence-corrected chi connectivity index (χ4v) is 5.93. The van der Waals surface area contributed by atoms with Gasteiger partial charge in [-0.3, -0.25) is 9.36 Å². The van der Waals surface area contributed by atoms with Gasteiger partial charge in [0.2, 0.25) is 0 Å². The van der Waals surface area contributed by atoms with Crippen LogP contribution in [0.3, 0.4) is 0 Å². The van der Waals surface area contributed by atoms with Crippen LogP contribution in [-0.2, 0) is 9.53 Å². The topological polar surface area (TPSA) is 73.1 Å². The van der Waals surface area contributed by atoms with Gasteiger partial charge in [0.25, 0.3) is 5.56 Å². The summed E-state index contributed by atoms with van der Waals surface area (Å²) in [5.74, 6) is 0.104. The van der Waals surface area contributed by atoms with E-state index >= 15 is 0 Å². The Balaban J connectivity index is 1.63. The van der Waals surface area contributed by atoms with Crippen LogP contribution in [0.15, 0.2) is 69.6 Å². The summed E-state index contributed by atoms with van der Waals surface area (Å²) in [6.45, 7) is 5.94. The van der Waals surface area contributed by atoms with E-state index in [4.69, 9.17) is 9.47 Å². The van der Waals surface area contributed by atoms with Gasteiger partial charge in [0, 0.05) is 24.3 Å². The predicted octanol–water partition coefficient (Wildman–Crippen LogP) is 3.41. The maximum absolute atomic E-state index is 13.8. The third kappa shape index (κ3) is 4.37. The maximum atomic E-state index is 13.8. The van der Waals surface area contributed by atoms with Crippen LogP contribution in [0.25, 0.3) is 6.08 Å². The van der Waals surface area contributed by atoms with Gasteiger partial charge in [-0.2, -0.15) is 0 Å². The molecule has 8 heteroatoms. The zero-order chi connectivity index (χ0) is 25.2. The molecule has 0 unspecified atom stereocenters. The third-order valence-corrected chi connectivity index (χ3v) is 7.60. The molecule has 2 aliphatic rings. The second kappa shape index (κ2) is 10.1. The number of carbonyl (C=O) groups excluding carboxylic acids is 1. The minimum absolute atomic E-state index is 0.201. The minimum Gasteiger partial charge on any atom is -0.496 e.